The van der Waals surface area contributed by atoms with E-state index in [-0.39, 0.29) is 5.79 Å². The minimum absolute atomic E-state index is 0.191. The van der Waals surface area contributed by atoms with E-state index in [1.54, 1.807) is 0 Å². The summed E-state index contributed by atoms with van der Waals surface area (Å²) in [5.41, 5.74) is 0. The summed E-state index contributed by atoms with van der Waals surface area (Å²) in [5.74, 6) is 0.427. The van der Waals surface area contributed by atoms with Crippen LogP contribution in [-0.2, 0) is 9.47 Å². The number of hydrogen-bond donors (Lipinski definition) is 0. The third kappa shape index (κ3) is 2.60. The summed E-state index contributed by atoms with van der Waals surface area (Å²) in [4.78, 5) is 0. The van der Waals surface area contributed by atoms with Crippen molar-refractivity contribution in [1.82, 2.24) is 0 Å². The second-order valence-corrected chi connectivity index (χ2v) is 5.40. The molecular weight excluding hydrogens is 200 g/mol. The zero-order valence-electron chi connectivity index (χ0n) is 10.8. The Labute approximate surface area is 99.7 Å². The molecule has 0 aromatic heterocycles. The van der Waals surface area contributed by atoms with Crippen molar-refractivity contribution in [3.8, 4) is 0 Å². The highest BCUT2D eigenvalue weighted by atomic mass is 16.7. The fourth-order valence-corrected chi connectivity index (χ4v) is 3.08. The summed E-state index contributed by atoms with van der Waals surface area (Å²) >= 11 is 0. The van der Waals surface area contributed by atoms with Gasteiger partial charge in [0.1, 0.15) is 0 Å². The summed E-state index contributed by atoms with van der Waals surface area (Å²) in [5, 5.41) is 0. The molecule has 0 amide bonds. The monoisotopic (exact) mass is 226 g/mol. The topological polar surface area (TPSA) is 18.5 Å². The summed E-state index contributed by atoms with van der Waals surface area (Å²) in [6.45, 7) is 5.42. The molecule has 1 aliphatic carbocycles. The minimum atomic E-state index is -0.191. The fraction of sp³-hybridized carbons (Fsp3) is 1.00. The van der Waals surface area contributed by atoms with Gasteiger partial charge in [0.25, 0.3) is 0 Å². The Morgan fingerprint density at radius 3 is 2.50 bits per heavy atom. The van der Waals surface area contributed by atoms with E-state index in [2.05, 4.69) is 13.8 Å². The van der Waals surface area contributed by atoms with E-state index in [1.807, 2.05) is 0 Å². The van der Waals surface area contributed by atoms with Crippen molar-refractivity contribution < 1.29 is 9.47 Å². The van der Waals surface area contributed by atoms with E-state index in [1.165, 1.54) is 38.5 Å². The molecule has 1 spiro atoms. The maximum atomic E-state index is 6.34. The molecule has 0 aromatic rings. The van der Waals surface area contributed by atoms with Gasteiger partial charge in [0.05, 0.1) is 12.7 Å². The molecular formula is C14H26O2. The van der Waals surface area contributed by atoms with Gasteiger partial charge in [0.15, 0.2) is 5.79 Å². The summed E-state index contributed by atoms with van der Waals surface area (Å²) in [6, 6.07) is 0. The Bertz CT molecular complexity index is 209. The first-order valence-electron chi connectivity index (χ1n) is 7.11. The van der Waals surface area contributed by atoms with Crippen LogP contribution in [0.5, 0.6) is 0 Å². The van der Waals surface area contributed by atoms with Gasteiger partial charge in [-0.15, -0.1) is 0 Å². The Balaban J connectivity index is 1.98. The van der Waals surface area contributed by atoms with Crippen molar-refractivity contribution in [2.45, 2.75) is 77.1 Å². The molecule has 16 heavy (non-hydrogen) atoms. The predicted molar refractivity (Wildman–Crippen MR) is 65.3 cm³/mol. The molecule has 2 nitrogen and oxygen atoms in total. The lowest BCUT2D eigenvalue weighted by Crippen LogP contribution is -2.50. The molecule has 0 aromatic carbocycles. The quantitative estimate of drug-likeness (QED) is 0.727. The van der Waals surface area contributed by atoms with Gasteiger partial charge in [-0.05, 0) is 25.7 Å². The fourth-order valence-electron chi connectivity index (χ4n) is 3.08. The average Bonchev–Trinajstić information content (AvgIpc) is 2.31. The van der Waals surface area contributed by atoms with Crippen molar-refractivity contribution in [2.75, 3.05) is 6.61 Å². The Morgan fingerprint density at radius 1 is 1.12 bits per heavy atom. The number of rotatable bonds is 3. The Hall–Kier alpha value is -0.0800. The van der Waals surface area contributed by atoms with Gasteiger partial charge in [-0.3, -0.25) is 0 Å². The van der Waals surface area contributed by atoms with Crippen LogP contribution in [0.2, 0.25) is 0 Å². The molecule has 0 unspecified atom stereocenters. The third-order valence-corrected chi connectivity index (χ3v) is 4.17. The average molecular weight is 226 g/mol. The van der Waals surface area contributed by atoms with E-state index in [4.69, 9.17) is 9.47 Å². The van der Waals surface area contributed by atoms with Crippen LogP contribution in [0.3, 0.4) is 0 Å². The van der Waals surface area contributed by atoms with Gasteiger partial charge in [-0.25, -0.2) is 0 Å². The van der Waals surface area contributed by atoms with Crippen LogP contribution >= 0.6 is 0 Å². The van der Waals surface area contributed by atoms with E-state index in [0.717, 1.165) is 19.4 Å². The molecule has 2 fully saturated rings. The van der Waals surface area contributed by atoms with Crippen LogP contribution in [0, 0.1) is 5.92 Å². The van der Waals surface area contributed by atoms with Gasteiger partial charge >= 0.3 is 0 Å². The van der Waals surface area contributed by atoms with Gasteiger partial charge in [-0.2, -0.15) is 0 Å². The van der Waals surface area contributed by atoms with Crippen LogP contribution in [-0.4, -0.2) is 18.5 Å². The molecule has 2 rings (SSSR count). The highest BCUT2D eigenvalue weighted by Crippen LogP contribution is 2.40. The molecule has 1 saturated heterocycles. The number of ether oxygens (including phenoxy) is 2. The lowest BCUT2D eigenvalue weighted by Gasteiger charge is -2.46. The van der Waals surface area contributed by atoms with Crippen LogP contribution in [0.15, 0.2) is 0 Å². The minimum Gasteiger partial charge on any atom is -0.350 e. The van der Waals surface area contributed by atoms with Gasteiger partial charge in [0.2, 0.25) is 0 Å². The third-order valence-electron chi connectivity index (χ3n) is 4.17. The first-order valence-corrected chi connectivity index (χ1v) is 7.11. The Morgan fingerprint density at radius 2 is 1.88 bits per heavy atom. The van der Waals surface area contributed by atoms with Crippen molar-refractivity contribution in [3.05, 3.63) is 0 Å². The smallest absolute Gasteiger partial charge is 0.168 e. The van der Waals surface area contributed by atoms with Gasteiger partial charge < -0.3 is 9.47 Å². The zero-order chi connectivity index (χ0) is 11.4. The molecule has 0 radical (unpaired) electrons. The zero-order valence-corrected chi connectivity index (χ0v) is 10.8. The summed E-state index contributed by atoms with van der Waals surface area (Å²) in [6.07, 6.45) is 10.2. The van der Waals surface area contributed by atoms with Crippen molar-refractivity contribution in [2.24, 2.45) is 5.92 Å². The molecule has 2 aliphatic rings. The lowest BCUT2D eigenvalue weighted by molar-refractivity contribution is -0.323. The molecule has 2 heteroatoms. The lowest BCUT2D eigenvalue weighted by atomic mass is 9.89. The van der Waals surface area contributed by atoms with Crippen LogP contribution in [0.4, 0.5) is 0 Å². The predicted octanol–water partition coefficient (Wildman–Crippen LogP) is 3.89. The second-order valence-electron chi connectivity index (χ2n) is 5.40. The SMILES string of the molecule is CCC[C@H]1OC2(CCCCC2)OC[C@H]1CC. The largest absolute Gasteiger partial charge is 0.350 e. The van der Waals surface area contributed by atoms with Crippen molar-refractivity contribution in [1.29, 1.82) is 0 Å². The normalized spacial score (nSPS) is 34.1. The van der Waals surface area contributed by atoms with Crippen LogP contribution < -0.4 is 0 Å². The van der Waals surface area contributed by atoms with Crippen molar-refractivity contribution in [3.63, 3.8) is 0 Å². The maximum Gasteiger partial charge on any atom is 0.168 e. The molecule has 1 saturated carbocycles. The van der Waals surface area contributed by atoms with E-state index < -0.39 is 0 Å². The van der Waals surface area contributed by atoms with Crippen LogP contribution in [0.1, 0.15) is 65.2 Å². The van der Waals surface area contributed by atoms with Gasteiger partial charge in [-0.1, -0.05) is 26.7 Å². The highest BCUT2D eigenvalue weighted by molar-refractivity contribution is 4.84. The Kier molecular flexibility index (Phi) is 4.26. The highest BCUT2D eigenvalue weighted by Gasteiger charge is 2.42. The molecule has 0 bridgehead atoms. The molecule has 1 aliphatic heterocycles. The molecule has 0 N–H and O–H groups in total. The van der Waals surface area contributed by atoms with Gasteiger partial charge in [0, 0.05) is 18.8 Å². The number of hydrogen-bond acceptors (Lipinski definition) is 2. The standard InChI is InChI=1S/C14H26O2/c1-3-8-13-12(4-2)11-15-14(16-13)9-6-5-7-10-14/h12-13H,3-11H2,1-2H3/t12-,13-/m1/s1. The van der Waals surface area contributed by atoms with Crippen molar-refractivity contribution >= 4 is 0 Å². The molecule has 2 atom stereocenters. The summed E-state index contributed by atoms with van der Waals surface area (Å²) < 4.78 is 12.4. The first-order chi connectivity index (χ1) is 7.79. The van der Waals surface area contributed by atoms with Crippen LogP contribution in [0.25, 0.3) is 0 Å². The maximum absolute atomic E-state index is 6.34. The van der Waals surface area contributed by atoms with E-state index >= 15 is 0 Å². The van der Waals surface area contributed by atoms with E-state index in [9.17, 15) is 0 Å². The molecule has 1 heterocycles. The summed E-state index contributed by atoms with van der Waals surface area (Å²) in [7, 11) is 0. The van der Waals surface area contributed by atoms with E-state index in [0.29, 0.717) is 12.0 Å². The second kappa shape index (κ2) is 5.50. The molecule has 94 valence electrons. The first kappa shape index (κ1) is 12.4.